The van der Waals surface area contributed by atoms with Crippen LogP contribution in [0.25, 0.3) is 0 Å². The number of nitrogens with two attached hydrogens (primary N) is 1. The molecular formula is C16H24IN3. The molecule has 0 radical (unpaired) electrons. The Morgan fingerprint density at radius 2 is 1.80 bits per heavy atom. The summed E-state index contributed by atoms with van der Waals surface area (Å²) in [6.07, 6.45) is 6.37. The van der Waals surface area contributed by atoms with Crippen LogP contribution in [0.4, 0.5) is 0 Å². The molecule has 1 fully saturated rings. The van der Waals surface area contributed by atoms with E-state index in [-0.39, 0.29) is 24.0 Å². The molecule has 1 saturated carbocycles. The fourth-order valence-electron chi connectivity index (χ4n) is 3.01. The number of nitrogens with zero attached hydrogens (tertiary/aromatic N) is 1. The summed E-state index contributed by atoms with van der Waals surface area (Å²) in [4.78, 5) is 4.50. The minimum Gasteiger partial charge on any atom is -0.370 e. The molecule has 110 valence electrons. The van der Waals surface area contributed by atoms with Crippen molar-refractivity contribution in [1.29, 1.82) is 0 Å². The highest BCUT2D eigenvalue weighted by atomic mass is 127. The number of halogens is 1. The molecule has 0 aliphatic heterocycles. The average Bonchev–Trinajstić information content (AvgIpc) is 2.77. The van der Waals surface area contributed by atoms with E-state index in [4.69, 9.17) is 5.73 Å². The van der Waals surface area contributed by atoms with Gasteiger partial charge < -0.3 is 11.1 Å². The van der Waals surface area contributed by atoms with Gasteiger partial charge >= 0.3 is 0 Å². The Morgan fingerprint density at radius 3 is 2.35 bits per heavy atom. The molecule has 4 heteroatoms. The highest BCUT2D eigenvalue weighted by molar-refractivity contribution is 14.0. The Kier molecular flexibility index (Phi) is 5.69. The van der Waals surface area contributed by atoms with E-state index in [0.717, 1.165) is 31.8 Å². The van der Waals surface area contributed by atoms with Gasteiger partial charge in [-0.1, -0.05) is 30.7 Å². The second-order valence-corrected chi connectivity index (χ2v) is 5.95. The first kappa shape index (κ1) is 15.6. The van der Waals surface area contributed by atoms with Gasteiger partial charge in [0.05, 0.1) is 0 Å². The van der Waals surface area contributed by atoms with Gasteiger partial charge in [-0.15, -0.1) is 24.0 Å². The topological polar surface area (TPSA) is 50.4 Å². The van der Waals surface area contributed by atoms with E-state index in [1.807, 2.05) is 0 Å². The second kappa shape index (κ2) is 7.29. The summed E-state index contributed by atoms with van der Waals surface area (Å²) >= 11 is 0. The Bertz CT molecular complexity index is 444. The summed E-state index contributed by atoms with van der Waals surface area (Å²) in [5, 5.41) is 3.26. The van der Waals surface area contributed by atoms with E-state index in [9.17, 15) is 0 Å². The lowest BCUT2D eigenvalue weighted by atomic mass is 9.85. The number of nitrogens with one attached hydrogen (secondary N) is 1. The van der Waals surface area contributed by atoms with Gasteiger partial charge in [-0.3, -0.25) is 4.99 Å². The van der Waals surface area contributed by atoms with Gasteiger partial charge in [0.1, 0.15) is 0 Å². The van der Waals surface area contributed by atoms with Crippen molar-refractivity contribution in [2.45, 2.75) is 32.1 Å². The molecule has 0 spiro atoms. The lowest BCUT2D eigenvalue weighted by Gasteiger charge is -2.25. The molecule has 0 unspecified atom stereocenters. The van der Waals surface area contributed by atoms with Crippen LogP contribution in [0.2, 0.25) is 0 Å². The number of benzene rings is 1. The van der Waals surface area contributed by atoms with Crippen molar-refractivity contribution in [3.05, 3.63) is 35.4 Å². The zero-order chi connectivity index (χ0) is 13.1. The summed E-state index contributed by atoms with van der Waals surface area (Å²) in [5.74, 6) is 2.08. The minimum atomic E-state index is 0. The van der Waals surface area contributed by atoms with Crippen molar-refractivity contribution in [3.8, 4) is 0 Å². The summed E-state index contributed by atoms with van der Waals surface area (Å²) in [7, 11) is 0. The van der Waals surface area contributed by atoms with Gasteiger partial charge in [-0.05, 0) is 48.6 Å². The van der Waals surface area contributed by atoms with Crippen molar-refractivity contribution in [3.63, 3.8) is 0 Å². The van der Waals surface area contributed by atoms with Crippen LogP contribution in [0, 0.1) is 11.8 Å². The van der Waals surface area contributed by atoms with E-state index in [0.29, 0.717) is 11.9 Å². The highest BCUT2D eigenvalue weighted by Gasteiger charge is 2.20. The summed E-state index contributed by atoms with van der Waals surface area (Å²) in [6.45, 7) is 1.85. The molecule has 20 heavy (non-hydrogen) atoms. The number of hydrogen-bond acceptors (Lipinski definition) is 1. The molecule has 3 rings (SSSR count). The molecule has 2 aliphatic rings. The first-order valence-electron chi connectivity index (χ1n) is 7.42. The number of hydrogen-bond donors (Lipinski definition) is 2. The predicted molar refractivity (Wildman–Crippen MR) is 94.6 cm³/mol. The molecule has 3 nitrogen and oxygen atoms in total. The summed E-state index contributed by atoms with van der Waals surface area (Å²) in [6, 6.07) is 8.71. The lowest BCUT2D eigenvalue weighted by Crippen LogP contribution is -2.37. The average molecular weight is 385 g/mol. The van der Waals surface area contributed by atoms with Crippen LogP contribution in [-0.4, -0.2) is 19.0 Å². The van der Waals surface area contributed by atoms with Crippen LogP contribution >= 0.6 is 24.0 Å². The third kappa shape index (κ3) is 3.87. The molecule has 0 atom stereocenters. The van der Waals surface area contributed by atoms with Crippen LogP contribution in [0.3, 0.4) is 0 Å². The Labute approximate surface area is 138 Å². The number of rotatable bonds is 4. The molecule has 1 aromatic rings. The zero-order valence-electron chi connectivity index (χ0n) is 11.8. The summed E-state index contributed by atoms with van der Waals surface area (Å²) in [5.41, 5.74) is 8.90. The highest BCUT2D eigenvalue weighted by Crippen LogP contribution is 2.26. The zero-order valence-corrected chi connectivity index (χ0v) is 14.2. The van der Waals surface area contributed by atoms with Gasteiger partial charge in [0.2, 0.25) is 0 Å². The van der Waals surface area contributed by atoms with Crippen molar-refractivity contribution < 1.29 is 0 Å². The van der Waals surface area contributed by atoms with Gasteiger partial charge in [0, 0.05) is 13.1 Å². The second-order valence-electron chi connectivity index (χ2n) is 5.95. The third-order valence-electron chi connectivity index (χ3n) is 4.45. The molecular weight excluding hydrogens is 361 g/mol. The predicted octanol–water partition coefficient (Wildman–Crippen LogP) is 2.72. The SMILES string of the molecule is I.NC(=NCC1Cc2ccccc2C1)NCC1CCC1. The maximum Gasteiger partial charge on any atom is 0.188 e. The first-order chi connectivity index (χ1) is 9.31. The first-order valence-corrected chi connectivity index (χ1v) is 7.42. The Hall–Kier alpha value is -0.780. The monoisotopic (exact) mass is 385 g/mol. The maximum atomic E-state index is 5.92. The van der Waals surface area contributed by atoms with Gasteiger partial charge in [0.15, 0.2) is 5.96 Å². The number of aliphatic imine (C=N–C) groups is 1. The summed E-state index contributed by atoms with van der Waals surface area (Å²) < 4.78 is 0. The molecule has 1 aromatic carbocycles. The molecule has 3 N–H and O–H groups in total. The number of fused-ring (bicyclic) bond motifs is 1. The van der Waals surface area contributed by atoms with Crippen LogP contribution in [0.15, 0.2) is 29.3 Å². The largest absolute Gasteiger partial charge is 0.370 e. The van der Waals surface area contributed by atoms with Gasteiger partial charge in [-0.2, -0.15) is 0 Å². The van der Waals surface area contributed by atoms with Crippen molar-refractivity contribution in [2.24, 2.45) is 22.6 Å². The standard InChI is InChI=1S/C16H23N3.HI/c17-16(18-10-12-4-3-5-12)19-11-13-8-14-6-1-2-7-15(14)9-13;/h1-2,6-7,12-13H,3-5,8-11H2,(H3,17,18,19);1H. The lowest BCUT2D eigenvalue weighted by molar-refractivity contribution is 0.315. The van der Waals surface area contributed by atoms with Crippen LogP contribution in [0.5, 0.6) is 0 Å². The smallest absolute Gasteiger partial charge is 0.188 e. The molecule has 0 heterocycles. The van der Waals surface area contributed by atoms with Crippen LogP contribution in [0.1, 0.15) is 30.4 Å². The Balaban J connectivity index is 0.00000147. The van der Waals surface area contributed by atoms with E-state index in [1.165, 1.54) is 30.4 Å². The maximum absolute atomic E-state index is 5.92. The Morgan fingerprint density at radius 1 is 1.15 bits per heavy atom. The molecule has 2 aliphatic carbocycles. The van der Waals surface area contributed by atoms with Crippen LogP contribution < -0.4 is 11.1 Å². The molecule has 0 aromatic heterocycles. The third-order valence-corrected chi connectivity index (χ3v) is 4.45. The molecule has 0 saturated heterocycles. The fourth-order valence-corrected chi connectivity index (χ4v) is 3.01. The molecule has 0 bridgehead atoms. The van der Waals surface area contributed by atoms with Crippen molar-refractivity contribution in [1.82, 2.24) is 5.32 Å². The van der Waals surface area contributed by atoms with E-state index in [2.05, 4.69) is 34.6 Å². The fraction of sp³-hybridized carbons (Fsp3) is 0.562. The van der Waals surface area contributed by atoms with E-state index >= 15 is 0 Å². The quantitative estimate of drug-likeness (QED) is 0.476. The van der Waals surface area contributed by atoms with Gasteiger partial charge in [0.25, 0.3) is 0 Å². The van der Waals surface area contributed by atoms with Crippen molar-refractivity contribution >= 4 is 29.9 Å². The minimum absolute atomic E-state index is 0. The normalized spacial score (nSPS) is 19.1. The number of guanidine groups is 1. The molecule has 0 amide bonds. The van der Waals surface area contributed by atoms with Crippen molar-refractivity contribution in [2.75, 3.05) is 13.1 Å². The van der Waals surface area contributed by atoms with E-state index < -0.39 is 0 Å². The van der Waals surface area contributed by atoms with Crippen LogP contribution in [-0.2, 0) is 12.8 Å². The van der Waals surface area contributed by atoms with Gasteiger partial charge in [-0.25, -0.2) is 0 Å². The van der Waals surface area contributed by atoms with E-state index in [1.54, 1.807) is 0 Å².